The van der Waals surface area contributed by atoms with Crippen molar-refractivity contribution in [3.05, 3.63) is 12.7 Å². The monoisotopic (exact) mass is 258 g/mol. The summed E-state index contributed by atoms with van der Waals surface area (Å²) in [6, 6.07) is -0.719. The lowest BCUT2D eigenvalue weighted by atomic mass is 10.1. The van der Waals surface area contributed by atoms with Crippen molar-refractivity contribution in [1.29, 1.82) is 0 Å². The molecule has 96 valence electrons. The molecule has 0 aliphatic carbocycles. The summed E-state index contributed by atoms with van der Waals surface area (Å²) in [5, 5.41) is 14.6. The Morgan fingerprint density at radius 2 is 2.41 bits per heavy atom. The molecule has 0 aromatic carbocycles. The van der Waals surface area contributed by atoms with Crippen molar-refractivity contribution in [3.63, 3.8) is 0 Å². The van der Waals surface area contributed by atoms with Gasteiger partial charge in [-0.25, -0.2) is 4.79 Å². The third-order valence-electron chi connectivity index (χ3n) is 2.47. The number of carboxylic acid groups (broad SMARTS) is 1. The molecular formula is C11H18N2O3S. The van der Waals surface area contributed by atoms with E-state index in [1.807, 2.05) is 0 Å². The predicted octanol–water partition coefficient (Wildman–Crippen LogP) is 0.227. The molecule has 0 aromatic rings. The van der Waals surface area contributed by atoms with Gasteiger partial charge in [0.15, 0.2) is 0 Å². The zero-order valence-electron chi connectivity index (χ0n) is 9.65. The first-order chi connectivity index (χ1) is 8.13. The molecule has 0 radical (unpaired) electrons. The fourth-order valence-electron chi connectivity index (χ4n) is 1.62. The normalized spacial score (nSPS) is 21.5. The van der Waals surface area contributed by atoms with Gasteiger partial charge in [-0.05, 0) is 6.42 Å². The second kappa shape index (κ2) is 7.34. The Balaban J connectivity index is 2.35. The van der Waals surface area contributed by atoms with Gasteiger partial charge in [0.1, 0.15) is 6.04 Å². The van der Waals surface area contributed by atoms with Gasteiger partial charge in [0.25, 0.3) is 0 Å². The Morgan fingerprint density at radius 3 is 2.94 bits per heavy atom. The highest BCUT2D eigenvalue weighted by Gasteiger charge is 2.21. The number of rotatable bonds is 6. The highest BCUT2D eigenvalue weighted by atomic mass is 32.2. The van der Waals surface area contributed by atoms with Crippen LogP contribution >= 0.6 is 11.8 Å². The van der Waals surface area contributed by atoms with E-state index in [0.717, 1.165) is 18.1 Å². The first-order valence-electron chi connectivity index (χ1n) is 5.57. The summed E-state index contributed by atoms with van der Waals surface area (Å²) in [5.41, 5.74) is 0. The van der Waals surface area contributed by atoms with E-state index in [1.54, 1.807) is 11.8 Å². The van der Waals surface area contributed by atoms with Crippen molar-refractivity contribution in [2.24, 2.45) is 0 Å². The lowest BCUT2D eigenvalue weighted by molar-refractivity contribution is -0.141. The minimum Gasteiger partial charge on any atom is -0.480 e. The van der Waals surface area contributed by atoms with Crippen molar-refractivity contribution >= 4 is 23.6 Å². The minimum atomic E-state index is -1.02. The van der Waals surface area contributed by atoms with E-state index in [0.29, 0.717) is 6.42 Å². The van der Waals surface area contributed by atoms with Gasteiger partial charge >= 0.3 is 5.97 Å². The fourth-order valence-corrected chi connectivity index (χ4v) is 2.57. The van der Waals surface area contributed by atoms with Crippen LogP contribution in [0.5, 0.6) is 0 Å². The summed E-state index contributed by atoms with van der Waals surface area (Å²) in [6.07, 6.45) is 2.07. The number of hydrogen-bond acceptors (Lipinski definition) is 4. The lowest BCUT2D eigenvalue weighted by Gasteiger charge is -2.23. The van der Waals surface area contributed by atoms with Gasteiger partial charge in [-0.15, -0.1) is 6.58 Å². The Labute approximate surface area is 105 Å². The number of thioether (sulfide) groups is 1. The molecule has 0 saturated carbocycles. The van der Waals surface area contributed by atoms with Gasteiger partial charge in [0, 0.05) is 30.5 Å². The lowest BCUT2D eigenvalue weighted by Crippen LogP contribution is -2.45. The van der Waals surface area contributed by atoms with Crippen LogP contribution in [0.3, 0.4) is 0 Å². The van der Waals surface area contributed by atoms with Crippen LogP contribution in [0.15, 0.2) is 12.7 Å². The van der Waals surface area contributed by atoms with Crippen molar-refractivity contribution in [2.45, 2.75) is 24.9 Å². The summed E-state index contributed by atoms with van der Waals surface area (Å²) in [4.78, 5) is 22.5. The van der Waals surface area contributed by atoms with Gasteiger partial charge in [0.05, 0.1) is 0 Å². The zero-order chi connectivity index (χ0) is 12.7. The maximum Gasteiger partial charge on any atom is 0.326 e. The summed E-state index contributed by atoms with van der Waals surface area (Å²) < 4.78 is 0. The Bertz CT molecular complexity index is 290. The summed E-state index contributed by atoms with van der Waals surface area (Å²) in [6.45, 7) is 4.38. The Hall–Kier alpha value is -1.01. The maximum atomic E-state index is 11.6. The fraction of sp³-hybridized carbons (Fsp3) is 0.636. The highest BCUT2D eigenvalue weighted by molar-refractivity contribution is 7.99. The van der Waals surface area contributed by atoms with Crippen LogP contribution in [0, 0.1) is 0 Å². The molecule has 1 aliphatic heterocycles. The molecule has 1 rings (SSSR count). The predicted molar refractivity (Wildman–Crippen MR) is 68.1 cm³/mol. The quantitative estimate of drug-likeness (QED) is 0.594. The average molecular weight is 258 g/mol. The molecule has 1 fully saturated rings. The van der Waals surface area contributed by atoms with Crippen LogP contribution < -0.4 is 10.6 Å². The van der Waals surface area contributed by atoms with Crippen LogP contribution in [-0.4, -0.2) is 47.1 Å². The third-order valence-corrected chi connectivity index (χ3v) is 3.60. The van der Waals surface area contributed by atoms with Crippen molar-refractivity contribution < 1.29 is 14.7 Å². The van der Waals surface area contributed by atoms with E-state index in [1.165, 1.54) is 6.08 Å². The zero-order valence-corrected chi connectivity index (χ0v) is 10.5. The first-order valence-corrected chi connectivity index (χ1v) is 6.73. The minimum absolute atomic E-state index is 0.145. The number of hydrogen-bond donors (Lipinski definition) is 3. The van der Waals surface area contributed by atoms with Gasteiger partial charge in [0.2, 0.25) is 5.91 Å². The van der Waals surface area contributed by atoms with Gasteiger partial charge in [-0.1, -0.05) is 6.08 Å². The molecule has 5 nitrogen and oxygen atoms in total. The maximum absolute atomic E-state index is 11.6. The summed E-state index contributed by atoms with van der Waals surface area (Å²) in [7, 11) is 0. The van der Waals surface area contributed by atoms with Crippen LogP contribution in [0.2, 0.25) is 0 Å². The number of amides is 1. The second-order valence-electron chi connectivity index (χ2n) is 3.91. The number of nitrogens with one attached hydrogen (secondary N) is 2. The smallest absolute Gasteiger partial charge is 0.326 e. The molecule has 0 spiro atoms. The van der Waals surface area contributed by atoms with Gasteiger partial charge in [-0.2, -0.15) is 11.8 Å². The van der Waals surface area contributed by atoms with E-state index in [2.05, 4.69) is 17.2 Å². The molecule has 2 unspecified atom stereocenters. The van der Waals surface area contributed by atoms with E-state index in [4.69, 9.17) is 5.11 Å². The third kappa shape index (κ3) is 5.23. The van der Waals surface area contributed by atoms with Crippen LogP contribution in [0.1, 0.15) is 12.8 Å². The molecule has 0 bridgehead atoms. The van der Waals surface area contributed by atoms with Crippen LogP contribution in [0.25, 0.3) is 0 Å². The van der Waals surface area contributed by atoms with Crippen LogP contribution in [0.4, 0.5) is 0 Å². The molecule has 6 heteroatoms. The van der Waals surface area contributed by atoms with E-state index in [9.17, 15) is 9.59 Å². The van der Waals surface area contributed by atoms with E-state index < -0.39 is 12.0 Å². The van der Waals surface area contributed by atoms with Crippen molar-refractivity contribution in [3.8, 4) is 0 Å². The molecule has 2 atom stereocenters. The molecule has 1 saturated heterocycles. The standard InChI is InChI=1S/C11H18N2O3S/c1-2-3-9(11(15)16)13-10(14)6-8-7-17-5-4-12-8/h2,8-9,12H,1,3-7H2,(H,13,14)(H,15,16). The summed E-state index contributed by atoms with van der Waals surface area (Å²) >= 11 is 1.81. The van der Waals surface area contributed by atoms with Gasteiger partial charge < -0.3 is 15.7 Å². The van der Waals surface area contributed by atoms with E-state index in [-0.39, 0.29) is 18.4 Å². The number of carboxylic acids is 1. The second-order valence-corrected chi connectivity index (χ2v) is 5.06. The average Bonchev–Trinajstić information content (AvgIpc) is 2.29. The number of carbonyl (C=O) groups excluding carboxylic acids is 1. The van der Waals surface area contributed by atoms with Crippen LogP contribution in [-0.2, 0) is 9.59 Å². The molecule has 1 aliphatic rings. The molecule has 3 N–H and O–H groups in total. The number of carbonyl (C=O) groups is 2. The molecule has 1 amide bonds. The molecular weight excluding hydrogens is 240 g/mol. The van der Waals surface area contributed by atoms with Gasteiger partial charge in [-0.3, -0.25) is 4.79 Å². The first kappa shape index (κ1) is 14.1. The molecule has 0 aromatic heterocycles. The SMILES string of the molecule is C=CCC(NC(=O)CC1CSCCN1)C(=O)O. The Kier molecular flexibility index (Phi) is 6.07. The van der Waals surface area contributed by atoms with Crippen molar-refractivity contribution in [2.75, 3.05) is 18.1 Å². The summed E-state index contributed by atoms with van der Waals surface area (Å²) in [5.74, 6) is 0.711. The largest absolute Gasteiger partial charge is 0.480 e. The van der Waals surface area contributed by atoms with E-state index >= 15 is 0 Å². The highest BCUT2D eigenvalue weighted by Crippen LogP contribution is 2.10. The molecule has 1 heterocycles. The van der Waals surface area contributed by atoms with Crippen molar-refractivity contribution in [1.82, 2.24) is 10.6 Å². The Morgan fingerprint density at radius 1 is 1.65 bits per heavy atom. The topological polar surface area (TPSA) is 78.4 Å². The molecule has 17 heavy (non-hydrogen) atoms. The number of aliphatic carboxylic acids is 1.